The molecule has 3 amide bonds. The van der Waals surface area contributed by atoms with Crippen LogP contribution in [0, 0.1) is 0 Å². The molecule has 0 unspecified atom stereocenters. The van der Waals surface area contributed by atoms with E-state index in [1.165, 1.54) is 0 Å². The number of anilines is 2. The summed E-state index contributed by atoms with van der Waals surface area (Å²) in [6.45, 7) is 0.565. The third-order valence-electron chi connectivity index (χ3n) is 4.87. The number of nitrogens with one attached hydrogen (secondary N) is 2. The van der Waals surface area contributed by atoms with Crippen molar-refractivity contribution in [3.63, 3.8) is 0 Å². The zero-order valence-corrected chi connectivity index (χ0v) is 17.4. The first-order valence-electron chi connectivity index (χ1n) is 9.74. The number of amides is 3. The van der Waals surface area contributed by atoms with Crippen LogP contribution in [0.3, 0.4) is 0 Å². The van der Waals surface area contributed by atoms with Gasteiger partial charge in [-0.15, -0.1) is 0 Å². The summed E-state index contributed by atoms with van der Waals surface area (Å²) in [6, 6.07) is 16.9. The van der Waals surface area contributed by atoms with Crippen molar-refractivity contribution in [2.24, 2.45) is 0 Å². The smallest absolute Gasteiger partial charge is 0.319 e. The lowest BCUT2D eigenvalue weighted by Crippen LogP contribution is -2.30. The second-order valence-corrected chi connectivity index (χ2v) is 8.07. The lowest BCUT2D eigenvalue weighted by Gasteiger charge is -2.18. The summed E-state index contributed by atoms with van der Waals surface area (Å²) in [6.07, 6.45) is 5.27. The number of aromatic nitrogens is 1. The summed E-state index contributed by atoms with van der Waals surface area (Å²) >= 11 is 1.56. The molecule has 152 valence electrons. The summed E-state index contributed by atoms with van der Waals surface area (Å²) in [5.74, 6) is -0.0612. The fourth-order valence-electron chi connectivity index (χ4n) is 3.30. The van der Waals surface area contributed by atoms with Gasteiger partial charge >= 0.3 is 6.03 Å². The van der Waals surface area contributed by atoms with E-state index in [-0.39, 0.29) is 11.9 Å². The molecule has 1 aliphatic rings. The van der Waals surface area contributed by atoms with Crippen molar-refractivity contribution in [2.45, 2.75) is 22.6 Å². The van der Waals surface area contributed by atoms with Crippen molar-refractivity contribution in [3.05, 3.63) is 78.1 Å². The van der Waals surface area contributed by atoms with E-state index in [9.17, 15) is 9.59 Å². The van der Waals surface area contributed by atoms with E-state index in [2.05, 4.69) is 15.6 Å². The standard InChI is InChI=1S/C23H22N4O2S/c1-27-19-14-17(26-23(29)25-13-5-7-16-6-4-12-24-15-16)10-11-21(19)30-20-9-3-2-8-18(20)22(27)28/h2-4,6,8-12,14-15H,5,7,13H2,1H3,(H2,25,26,29). The van der Waals surface area contributed by atoms with E-state index in [4.69, 9.17) is 0 Å². The Balaban J connectivity index is 1.38. The molecule has 3 aromatic rings. The van der Waals surface area contributed by atoms with Gasteiger partial charge in [0, 0.05) is 41.5 Å². The molecule has 0 atom stereocenters. The second kappa shape index (κ2) is 9.00. The molecule has 30 heavy (non-hydrogen) atoms. The maximum absolute atomic E-state index is 12.8. The molecule has 1 aromatic heterocycles. The Kier molecular flexibility index (Phi) is 5.99. The van der Waals surface area contributed by atoms with Crippen molar-refractivity contribution in [1.29, 1.82) is 0 Å². The Hall–Kier alpha value is -3.32. The first-order chi connectivity index (χ1) is 14.6. The monoisotopic (exact) mass is 418 g/mol. The van der Waals surface area contributed by atoms with Gasteiger partial charge in [-0.05, 0) is 54.8 Å². The average molecular weight is 419 g/mol. The third kappa shape index (κ3) is 4.46. The van der Waals surface area contributed by atoms with Gasteiger partial charge < -0.3 is 15.5 Å². The van der Waals surface area contributed by atoms with Gasteiger partial charge in [-0.25, -0.2) is 4.79 Å². The molecule has 4 rings (SSSR count). The van der Waals surface area contributed by atoms with E-state index < -0.39 is 0 Å². The Morgan fingerprint density at radius 3 is 2.80 bits per heavy atom. The SMILES string of the molecule is CN1C(=O)c2ccccc2Sc2ccc(NC(=O)NCCCc3cccnc3)cc21. The molecule has 1 aliphatic heterocycles. The summed E-state index contributed by atoms with van der Waals surface area (Å²) in [4.78, 5) is 32.7. The molecular formula is C23H22N4O2S. The van der Waals surface area contributed by atoms with Gasteiger partial charge in [0.1, 0.15) is 0 Å². The van der Waals surface area contributed by atoms with Crippen LogP contribution in [-0.4, -0.2) is 30.5 Å². The molecule has 0 radical (unpaired) electrons. The van der Waals surface area contributed by atoms with Crippen LogP contribution >= 0.6 is 11.8 Å². The molecular weight excluding hydrogens is 396 g/mol. The zero-order valence-electron chi connectivity index (χ0n) is 16.6. The highest BCUT2D eigenvalue weighted by atomic mass is 32.2. The van der Waals surface area contributed by atoms with Gasteiger partial charge in [0.2, 0.25) is 0 Å². The highest BCUT2D eigenvalue weighted by Gasteiger charge is 2.24. The van der Waals surface area contributed by atoms with Crippen LogP contribution in [0.1, 0.15) is 22.3 Å². The lowest BCUT2D eigenvalue weighted by atomic mass is 10.1. The number of nitrogens with zero attached hydrogens (tertiary/aromatic N) is 2. The molecule has 0 fully saturated rings. The molecule has 2 aromatic carbocycles. The minimum Gasteiger partial charge on any atom is -0.338 e. The second-order valence-electron chi connectivity index (χ2n) is 6.99. The minimum absolute atomic E-state index is 0.0612. The van der Waals surface area contributed by atoms with Crippen LogP contribution in [0.15, 0.2) is 76.8 Å². The number of pyridine rings is 1. The maximum Gasteiger partial charge on any atom is 0.319 e. The highest BCUT2D eigenvalue weighted by molar-refractivity contribution is 7.99. The summed E-state index contributed by atoms with van der Waals surface area (Å²) in [5, 5.41) is 5.73. The summed E-state index contributed by atoms with van der Waals surface area (Å²) in [5.41, 5.74) is 3.25. The van der Waals surface area contributed by atoms with Gasteiger partial charge in [0.05, 0.1) is 11.3 Å². The van der Waals surface area contributed by atoms with Crippen LogP contribution in [0.2, 0.25) is 0 Å². The van der Waals surface area contributed by atoms with E-state index in [1.54, 1.807) is 29.9 Å². The van der Waals surface area contributed by atoms with Crippen molar-refractivity contribution < 1.29 is 9.59 Å². The van der Waals surface area contributed by atoms with Crippen LogP contribution in [-0.2, 0) is 6.42 Å². The predicted molar refractivity (Wildman–Crippen MR) is 119 cm³/mol. The lowest BCUT2D eigenvalue weighted by molar-refractivity contribution is 0.0990. The fourth-order valence-corrected chi connectivity index (χ4v) is 4.39. The largest absolute Gasteiger partial charge is 0.338 e. The molecule has 2 heterocycles. The van der Waals surface area contributed by atoms with Gasteiger partial charge in [-0.1, -0.05) is 30.0 Å². The highest BCUT2D eigenvalue weighted by Crippen LogP contribution is 2.41. The number of carbonyl (C=O) groups is 2. The van der Waals surface area contributed by atoms with Crippen LogP contribution in [0.25, 0.3) is 0 Å². The van der Waals surface area contributed by atoms with Crippen molar-refractivity contribution in [1.82, 2.24) is 10.3 Å². The van der Waals surface area contributed by atoms with E-state index in [1.807, 2.05) is 60.8 Å². The number of hydrogen-bond acceptors (Lipinski definition) is 4. The van der Waals surface area contributed by atoms with Crippen LogP contribution in [0.4, 0.5) is 16.2 Å². The first kappa shape index (κ1) is 20.0. The van der Waals surface area contributed by atoms with E-state index in [0.29, 0.717) is 17.8 Å². The number of urea groups is 1. The number of hydrogen-bond donors (Lipinski definition) is 2. The Labute approximate surface area is 179 Å². The van der Waals surface area contributed by atoms with Crippen molar-refractivity contribution in [3.8, 4) is 0 Å². The average Bonchev–Trinajstić information content (AvgIpc) is 2.87. The fraction of sp³-hybridized carbons (Fsp3) is 0.174. The summed E-state index contributed by atoms with van der Waals surface area (Å²) in [7, 11) is 1.76. The molecule has 0 spiro atoms. The number of benzene rings is 2. The number of aryl methyl sites for hydroxylation is 1. The van der Waals surface area contributed by atoms with Gasteiger partial charge in [-0.3, -0.25) is 9.78 Å². The number of rotatable bonds is 5. The predicted octanol–water partition coefficient (Wildman–Crippen LogP) is 4.58. The van der Waals surface area contributed by atoms with Gasteiger partial charge in [-0.2, -0.15) is 0 Å². The van der Waals surface area contributed by atoms with Crippen molar-refractivity contribution in [2.75, 3.05) is 23.8 Å². The third-order valence-corrected chi connectivity index (χ3v) is 6.01. The number of fused-ring (bicyclic) bond motifs is 2. The maximum atomic E-state index is 12.8. The minimum atomic E-state index is -0.264. The topological polar surface area (TPSA) is 74.3 Å². The Morgan fingerprint density at radius 2 is 1.97 bits per heavy atom. The van der Waals surface area contributed by atoms with Crippen molar-refractivity contribution >= 4 is 35.1 Å². The Bertz CT molecular complexity index is 1070. The van der Waals surface area contributed by atoms with Crippen LogP contribution in [0.5, 0.6) is 0 Å². The molecule has 0 saturated heterocycles. The van der Waals surface area contributed by atoms with Crippen LogP contribution < -0.4 is 15.5 Å². The van der Waals surface area contributed by atoms with Gasteiger partial charge in [0.15, 0.2) is 0 Å². The molecule has 0 saturated carbocycles. The quantitative estimate of drug-likeness (QED) is 0.595. The number of carbonyl (C=O) groups excluding carboxylic acids is 2. The molecule has 0 bridgehead atoms. The van der Waals surface area contributed by atoms with E-state index in [0.717, 1.165) is 33.9 Å². The normalized spacial score (nSPS) is 12.6. The summed E-state index contributed by atoms with van der Waals surface area (Å²) < 4.78 is 0. The first-order valence-corrected chi connectivity index (χ1v) is 10.6. The molecule has 6 nitrogen and oxygen atoms in total. The molecule has 0 aliphatic carbocycles. The Morgan fingerprint density at radius 1 is 1.10 bits per heavy atom. The molecule has 2 N–H and O–H groups in total. The molecule has 7 heteroatoms. The van der Waals surface area contributed by atoms with Gasteiger partial charge in [0.25, 0.3) is 5.91 Å². The zero-order chi connectivity index (χ0) is 20.9. The van der Waals surface area contributed by atoms with E-state index >= 15 is 0 Å².